The number of rotatable bonds is 5. The highest BCUT2D eigenvalue weighted by Crippen LogP contribution is 2.41. The molecule has 0 radical (unpaired) electrons. The van der Waals surface area contributed by atoms with Crippen molar-refractivity contribution in [1.29, 1.82) is 0 Å². The molecule has 11 aromatic rings. The van der Waals surface area contributed by atoms with E-state index >= 15 is 0 Å². The molecule has 2 nitrogen and oxygen atoms in total. The van der Waals surface area contributed by atoms with Crippen LogP contribution in [0.2, 0.25) is 0 Å². The van der Waals surface area contributed by atoms with Gasteiger partial charge in [0.15, 0.2) is 0 Å². The van der Waals surface area contributed by atoms with Crippen LogP contribution in [0, 0.1) is 0 Å². The molecular weight excluding hydrogens is 667 g/mol. The van der Waals surface area contributed by atoms with Crippen molar-refractivity contribution in [2.24, 2.45) is 0 Å². The van der Waals surface area contributed by atoms with E-state index in [1.165, 1.54) is 43.4 Å². The van der Waals surface area contributed by atoms with Crippen LogP contribution in [0.25, 0.3) is 110 Å². The number of fused-ring (bicyclic) bond motifs is 9. The van der Waals surface area contributed by atoms with Gasteiger partial charge in [0.1, 0.15) is 11.2 Å². The van der Waals surface area contributed by atoms with Gasteiger partial charge in [-0.3, -0.25) is 0 Å². The van der Waals surface area contributed by atoms with Gasteiger partial charge in [0.05, 0.1) is 11.4 Å². The molecule has 0 atom stereocenters. The Bertz CT molecular complexity index is 3140. The first kappa shape index (κ1) is 31.3. The summed E-state index contributed by atoms with van der Waals surface area (Å²) in [5.74, 6) is 0. The Morgan fingerprint density at radius 1 is 0.273 bits per heavy atom. The summed E-state index contributed by atoms with van der Waals surface area (Å²) >= 11 is 0. The molecule has 256 valence electrons. The van der Waals surface area contributed by atoms with E-state index in [0.717, 1.165) is 66.7 Å². The lowest BCUT2D eigenvalue weighted by Gasteiger charge is -2.12. The maximum Gasteiger partial charge on any atom is 0.136 e. The van der Waals surface area contributed by atoms with Gasteiger partial charge in [-0.15, -0.1) is 0 Å². The number of furan rings is 1. The van der Waals surface area contributed by atoms with Gasteiger partial charge >= 0.3 is 0 Å². The zero-order valence-corrected chi connectivity index (χ0v) is 29.9. The lowest BCUT2D eigenvalue weighted by atomic mass is 9.91. The minimum atomic E-state index is 0.852. The second-order valence-corrected chi connectivity index (χ2v) is 14.3. The van der Waals surface area contributed by atoms with E-state index in [1.54, 1.807) is 0 Å². The van der Waals surface area contributed by atoms with Crippen LogP contribution in [-0.2, 0) is 0 Å². The van der Waals surface area contributed by atoms with Crippen LogP contribution in [0.15, 0.2) is 205 Å². The molecule has 0 bridgehead atoms. The van der Waals surface area contributed by atoms with Crippen molar-refractivity contribution in [1.82, 2.24) is 4.98 Å². The molecule has 0 aliphatic rings. The van der Waals surface area contributed by atoms with E-state index in [1.807, 2.05) is 6.07 Å². The average molecular weight is 700 g/mol. The Morgan fingerprint density at radius 2 is 0.764 bits per heavy atom. The topological polar surface area (TPSA) is 26.0 Å². The van der Waals surface area contributed by atoms with Crippen LogP contribution in [0.5, 0.6) is 0 Å². The predicted molar refractivity (Wildman–Crippen MR) is 231 cm³/mol. The Labute approximate surface area is 318 Å². The van der Waals surface area contributed by atoms with Gasteiger partial charge in [-0.2, -0.15) is 0 Å². The van der Waals surface area contributed by atoms with Gasteiger partial charge in [0, 0.05) is 21.9 Å². The van der Waals surface area contributed by atoms with E-state index in [4.69, 9.17) is 9.40 Å². The fraction of sp³-hybridized carbons (Fsp3) is 0. The minimum absolute atomic E-state index is 0.852. The van der Waals surface area contributed by atoms with Crippen molar-refractivity contribution in [2.45, 2.75) is 0 Å². The van der Waals surface area contributed by atoms with Crippen molar-refractivity contribution < 1.29 is 4.42 Å². The Kier molecular flexibility index (Phi) is 7.21. The molecule has 2 heteroatoms. The molecule has 11 rings (SSSR count). The molecule has 0 spiro atoms. The molecule has 2 heterocycles. The van der Waals surface area contributed by atoms with Crippen LogP contribution in [0.3, 0.4) is 0 Å². The third kappa shape index (κ3) is 5.30. The smallest absolute Gasteiger partial charge is 0.136 e. The molecule has 0 fully saturated rings. The van der Waals surface area contributed by atoms with Gasteiger partial charge in [-0.25, -0.2) is 4.98 Å². The van der Waals surface area contributed by atoms with E-state index in [9.17, 15) is 0 Å². The molecule has 0 saturated heterocycles. The predicted octanol–water partition coefficient (Wildman–Crippen LogP) is 14.8. The van der Waals surface area contributed by atoms with Crippen LogP contribution >= 0.6 is 0 Å². The molecule has 0 unspecified atom stereocenters. The summed E-state index contributed by atoms with van der Waals surface area (Å²) in [6, 6.07) is 71.5. The SMILES string of the molecule is c1ccc(-c2cc(-c3ccccc3)nc(-c3cccc4oc5ccc(-c6ccc(-c7ccc8c9ccccc9c9ccccc9c8c7)cc6)cc5c34)c2)cc1. The summed E-state index contributed by atoms with van der Waals surface area (Å²) < 4.78 is 6.48. The van der Waals surface area contributed by atoms with Gasteiger partial charge in [-0.05, 0) is 102 Å². The standard InChI is InChI=1S/C53H33NO/c1-3-12-34(13-4-1)40-32-49(37-14-5-2-6-15-37)54-50(33-40)46-20-11-21-52-53(46)48-31-39(27-29-51(48)55-52)36-24-22-35(23-25-36)38-26-28-45-43-18-8-7-16-41(43)42-17-9-10-19-44(42)47(45)30-38/h1-33H. The molecule has 0 N–H and O–H groups in total. The minimum Gasteiger partial charge on any atom is -0.456 e. The van der Waals surface area contributed by atoms with E-state index in [0.29, 0.717) is 0 Å². The number of hydrogen-bond acceptors (Lipinski definition) is 2. The van der Waals surface area contributed by atoms with Gasteiger partial charge in [0.2, 0.25) is 0 Å². The third-order valence-electron chi connectivity index (χ3n) is 11.1. The summed E-state index contributed by atoms with van der Waals surface area (Å²) in [5, 5.41) is 9.88. The largest absolute Gasteiger partial charge is 0.456 e. The Morgan fingerprint density at radius 3 is 1.42 bits per heavy atom. The highest BCUT2D eigenvalue weighted by atomic mass is 16.3. The van der Waals surface area contributed by atoms with Crippen LogP contribution < -0.4 is 0 Å². The quantitative estimate of drug-likeness (QED) is 0.167. The first-order valence-corrected chi connectivity index (χ1v) is 18.8. The molecule has 0 aliphatic carbocycles. The molecule has 9 aromatic carbocycles. The van der Waals surface area contributed by atoms with E-state index in [-0.39, 0.29) is 0 Å². The second kappa shape index (κ2) is 12.7. The fourth-order valence-electron chi connectivity index (χ4n) is 8.38. The fourth-order valence-corrected chi connectivity index (χ4v) is 8.38. The number of hydrogen-bond donors (Lipinski definition) is 0. The number of pyridine rings is 1. The Hall–Kier alpha value is -7.29. The summed E-state index contributed by atoms with van der Waals surface area (Å²) in [6.07, 6.45) is 0. The first-order chi connectivity index (χ1) is 27.2. The summed E-state index contributed by atoms with van der Waals surface area (Å²) in [4.78, 5) is 5.26. The lowest BCUT2D eigenvalue weighted by Crippen LogP contribution is -1.91. The Balaban J connectivity index is 1.01. The van der Waals surface area contributed by atoms with Crippen molar-refractivity contribution in [3.05, 3.63) is 200 Å². The molecule has 0 amide bonds. The van der Waals surface area contributed by atoms with Crippen molar-refractivity contribution >= 4 is 54.3 Å². The van der Waals surface area contributed by atoms with Crippen molar-refractivity contribution in [3.63, 3.8) is 0 Å². The lowest BCUT2D eigenvalue weighted by molar-refractivity contribution is 0.669. The highest BCUT2D eigenvalue weighted by Gasteiger charge is 2.17. The molecular formula is C53H33NO. The zero-order valence-electron chi connectivity index (χ0n) is 29.9. The summed E-state index contributed by atoms with van der Waals surface area (Å²) in [6.45, 7) is 0. The number of nitrogens with zero attached hydrogens (tertiary/aromatic N) is 1. The van der Waals surface area contributed by atoms with Crippen LogP contribution in [-0.4, -0.2) is 4.98 Å². The average Bonchev–Trinajstić information content (AvgIpc) is 3.65. The molecule has 0 aliphatic heterocycles. The third-order valence-corrected chi connectivity index (χ3v) is 11.1. The van der Waals surface area contributed by atoms with Gasteiger partial charge in [0.25, 0.3) is 0 Å². The summed E-state index contributed by atoms with van der Waals surface area (Å²) in [7, 11) is 0. The second-order valence-electron chi connectivity index (χ2n) is 14.3. The van der Waals surface area contributed by atoms with Gasteiger partial charge in [-0.1, -0.05) is 164 Å². The molecule has 2 aromatic heterocycles. The van der Waals surface area contributed by atoms with Crippen molar-refractivity contribution in [3.8, 4) is 55.9 Å². The number of aromatic nitrogens is 1. The number of benzene rings is 9. The summed E-state index contributed by atoms with van der Waals surface area (Å²) in [5.41, 5.74) is 12.7. The monoisotopic (exact) mass is 699 g/mol. The van der Waals surface area contributed by atoms with E-state index < -0.39 is 0 Å². The molecule has 55 heavy (non-hydrogen) atoms. The first-order valence-electron chi connectivity index (χ1n) is 18.8. The van der Waals surface area contributed by atoms with Crippen LogP contribution in [0.1, 0.15) is 0 Å². The normalized spacial score (nSPS) is 11.6. The maximum atomic E-state index is 6.48. The van der Waals surface area contributed by atoms with Crippen LogP contribution in [0.4, 0.5) is 0 Å². The van der Waals surface area contributed by atoms with E-state index in [2.05, 4.69) is 194 Å². The highest BCUT2D eigenvalue weighted by molar-refractivity contribution is 6.25. The van der Waals surface area contributed by atoms with Gasteiger partial charge < -0.3 is 4.42 Å². The van der Waals surface area contributed by atoms with Crippen molar-refractivity contribution in [2.75, 3.05) is 0 Å². The molecule has 0 saturated carbocycles. The zero-order chi connectivity index (χ0) is 36.3. The maximum absolute atomic E-state index is 6.48.